The molecule has 8 nitrogen and oxygen atoms in total. The van der Waals surface area contributed by atoms with Crippen LogP contribution in [0.25, 0.3) is 0 Å². The second kappa shape index (κ2) is 7.38. The van der Waals surface area contributed by atoms with E-state index < -0.39 is 4.92 Å². The number of carbonyl (C=O) groups is 2. The zero-order valence-corrected chi connectivity index (χ0v) is 13.1. The van der Waals surface area contributed by atoms with Crippen molar-refractivity contribution in [3.8, 4) is 0 Å². The first-order chi connectivity index (χ1) is 10.9. The highest BCUT2D eigenvalue weighted by Gasteiger charge is 2.24. The van der Waals surface area contributed by atoms with Gasteiger partial charge < -0.3 is 11.1 Å². The Labute approximate surface area is 137 Å². The van der Waals surface area contributed by atoms with Gasteiger partial charge in [0.05, 0.1) is 11.5 Å². The number of nitro benzene ring substituents is 1. The average molecular weight is 341 g/mol. The van der Waals surface area contributed by atoms with Crippen LogP contribution in [0, 0.1) is 16.0 Å². The van der Waals surface area contributed by atoms with Crippen LogP contribution in [0.3, 0.4) is 0 Å². The van der Waals surface area contributed by atoms with Crippen molar-refractivity contribution in [2.45, 2.75) is 12.8 Å². The molecule has 1 aromatic rings. The predicted molar refractivity (Wildman–Crippen MR) is 85.1 cm³/mol. The summed E-state index contributed by atoms with van der Waals surface area (Å²) in [5.74, 6) is -0.713. The second-order valence-electron chi connectivity index (χ2n) is 5.42. The smallest absolute Gasteiger partial charge is 0.289 e. The molecule has 0 aromatic heterocycles. The van der Waals surface area contributed by atoms with Gasteiger partial charge in [-0.2, -0.15) is 0 Å². The number of benzene rings is 1. The fraction of sp³-hybridized carbons (Fsp3) is 0.429. The van der Waals surface area contributed by atoms with E-state index >= 15 is 0 Å². The molecule has 1 aliphatic heterocycles. The lowest BCUT2D eigenvalue weighted by Crippen LogP contribution is -2.42. The van der Waals surface area contributed by atoms with E-state index in [9.17, 15) is 19.7 Å². The highest BCUT2D eigenvalue weighted by Crippen LogP contribution is 2.27. The van der Waals surface area contributed by atoms with Crippen LogP contribution in [0.15, 0.2) is 18.2 Å². The molecular formula is C14H17ClN4O4. The standard InChI is InChI=1S/C14H17ClN4O4/c15-11-2-1-10(7-12(11)19(22)23)17-13(20)8-18-5-3-9(4-6-18)14(16)21/h1-2,7,9H,3-6,8H2,(H2,16,21)(H,17,20). The summed E-state index contributed by atoms with van der Waals surface area (Å²) in [6.07, 6.45) is 1.27. The maximum absolute atomic E-state index is 12.0. The van der Waals surface area contributed by atoms with Gasteiger partial charge in [0.2, 0.25) is 11.8 Å². The summed E-state index contributed by atoms with van der Waals surface area (Å²) < 4.78 is 0. The number of nitrogens with one attached hydrogen (secondary N) is 1. The van der Waals surface area contributed by atoms with E-state index in [0.717, 1.165) is 0 Å². The van der Waals surface area contributed by atoms with Crippen molar-refractivity contribution in [3.63, 3.8) is 0 Å². The maximum atomic E-state index is 12.0. The summed E-state index contributed by atoms with van der Waals surface area (Å²) in [5.41, 5.74) is 5.32. The molecule has 0 radical (unpaired) electrons. The van der Waals surface area contributed by atoms with Crippen LogP contribution >= 0.6 is 11.6 Å². The van der Waals surface area contributed by atoms with E-state index in [0.29, 0.717) is 31.6 Å². The molecule has 23 heavy (non-hydrogen) atoms. The van der Waals surface area contributed by atoms with E-state index in [1.165, 1.54) is 18.2 Å². The molecule has 0 spiro atoms. The topological polar surface area (TPSA) is 119 Å². The summed E-state index contributed by atoms with van der Waals surface area (Å²) in [4.78, 5) is 35.2. The molecule has 1 saturated heterocycles. The van der Waals surface area contributed by atoms with Gasteiger partial charge in [0.15, 0.2) is 0 Å². The number of carbonyl (C=O) groups excluding carboxylic acids is 2. The van der Waals surface area contributed by atoms with Crippen LogP contribution in [0.1, 0.15) is 12.8 Å². The zero-order valence-electron chi connectivity index (χ0n) is 12.3. The number of halogens is 1. The number of primary amides is 1. The van der Waals surface area contributed by atoms with Crippen molar-refractivity contribution in [2.24, 2.45) is 11.7 Å². The van der Waals surface area contributed by atoms with E-state index in [2.05, 4.69) is 5.32 Å². The number of amides is 2. The van der Waals surface area contributed by atoms with Gasteiger partial charge in [0.25, 0.3) is 5.69 Å². The molecule has 0 bridgehead atoms. The largest absolute Gasteiger partial charge is 0.369 e. The lowest BCUT2D eigenvalue weighted by molar-refractivity contribution is -0.384. The van der Waals surface area contributed by atoms with Gasteiger partial charge in [-0.3, -0.25) is 24.6 Å². The molecule has 9 heteroatoms. The Morgan fingerprint density at radius 1 is 1.39 bits per heavy atom. The number of anilines is 1. The number of hydrogen-bond donors (Lipinski definition) is 2. The Morgan fingerprint density at radius 2 is 2.04 bits per heavy atom. The lowest BCUT2D eigenvalue weighted by atomic mass is 9.96. The number of likely N-dealkylation sites (tertiary alicyclic amines) is 1. The van der Waals surface area contributed by atoms with Gasteiger partial charge in [0, 0.05) is 17.7 Å². The van der Waals surface area contributed by atoms with E-state index in [-0.39, 0.29) is 35.0 Å². The fourth-order valence-electron chi connectivity index (χ4n) is 2.51. The van der Waals surface area contributed by atoms with Crippen LogP contribution in [-0.2, 0) is 9.59 Å². The summed E-state index contributed by atoms with van der Waals surface area (Å²) >= 11 is 5.72. The molecule has 1 aliphatic rings. The Morgan fingerprint density at radius 3 is 2.61 bits per heavy atom. The number of nitrogens with zero attached hydrogens (tertiary/aromatic N) is 2. The predicted octanol–water partition coefficient (Wildman–Crippen LogP) is 1.38. The van der Waals surface area contributed by atoms with E-state index in [1.54, 1.807) is 0 Å². The highest BCUT2D eigenvalue weighted by atomic mass is 35.5. The van der Waals surface area contributed by atoms with Crippen molar-refractivity contribution in [3.05, 3.63) is 33.3 Å². The quantitative estimate of drug-likeness (QED) is 0.620. The van der Waals surface area contributed by atoms with Crippen LogP contribution in [0.4, 0.5) is 11.4 Å². The molecular weight excluding hydrogens is 324 g/mol. The Kier molecular flexibility index (Phi) is 5.51. The third-order valence-electron chi connectivity index (χ3n) is 3.78. The number of nitrogens with two attached hydrogens (primary N) is 1. The summed E-state index contributed by atoms with van der Waals surface area (Å²) in [5, 5.41) is 13.5. The molecule has 3 N–H and O–H groups in total. The zero-order chi connectivity index (χ0) is 17.0. The Hall–Kier alpha value is -2.19. The first kappa shape index (κ1) is 17.2. The first-order valence-electron chi connectivity index (χ1n) is 7.12. The van der Waals surface area contributed by atoms with E-state index in [4.69, 9.17) is 17.3 Å². The maximum Gasteiger partial charge on any atom is 0.289 e. The van der Waals surface area contributed by atoms with Crippen molar-refractivity contribution in [1.29, 1.82) is 0 Å². The number of hydrogen-bond acceptors (Lipinski definition) is 5. The molecule has 2 rings (SSSR count). The number of piperidine rings is 1. The van der Waals surface area contributed by atoms with Crippen LogP contribution in [-0.4, -0.2) is 41.3 Å². The molecule has 1 heterocycles. The van der Waals surface area contributed by atoms with Gasteiger partial charge in [0.1, 0.15) is 5.02 Å². The molecule has 2 amide bonds. The molecule has 1 aromatic carbocycles. The van der Waals surface area contributed by atoms with Crippen LogP contribution < -0.4 is 11.1 Å². The van der Waals surface area contributed by atoms with Crippen molar-refractivity contribution >= 4 is 34.8 Å². The van der Waals surface area contributed by atoms with Crippen LogP contribution in [0.2, 0.25) is 5.02 Å². The van der Waals surface area contributed by atoms with E-state index in [1.807, 2.05) is 4.90 Å². The van der Waals surface area contributed by atoms with Gasteiger partial charge in [-0.15, -0.1) is 0 Å². The van der Waals surface area contributed by atoms with Crippen LogP contribution in [0.5, 0.6) is 0 Å². The van der Waals surface area contributed by atoms with Crippen molar-refractivity contribution in [1.82, 2.24) is 4.90 Å². The second-order valence-corrected chi connectivity index (χ2v) is 5.83. The summed E-state index contributed by atoms with van der Waals surface area (Å²) in [7, 11) is 0. The molecule has 124 valence electrons. The average Bonchev–Trinajstić information content (AvgIpc) is 2.49. The minimum Gasteiger partial charge on any atom is -0.369 e. The molecule has 0 aliphatic carbocycles. The van der Waals surface area contributed by atoms with Gasteiger partial charge in [-0.05, 0) is 38.1 Å². The molecule has 0 unspecified atom stereocenters. The third kappa shape index (κ3) is 4.64. The fourth-order valence-corrected chi connectivity index (χ4v) is 2.70. The normalized spacial score (nSPS) is 16.0. The van der Waals surface area contributed by atoms with Crippen molar-refractivity contribution < 1.29 is 14.5 Å². The van der Waals surface area contributed by atoms with Gasteiger partial charge in [-0.1, -0.05) is 11.6 Å². The monoisotopic (exact) mass is 340 g/mol. The highest BCUT2D eigenvalue weighted by molar-refractivity contribution is 6.32. The minimum atomic E-state index is -0.605. The van der Waals surface area contributed by atoms with Crippen molar-refractivity contribution in [2.75, 3.05) is 25.0 Å². The number of nitro groups is 1. The third-order valence-corrected chi connectivity index (χ3v) is 4.10. The molecule has 1 fully saturated rings. The molecule has 0 saturated carbocycles. The summed E-state index contributed by atoms with van der Waals surface area (Å²) in [6, 6.07) is 4.10. The summed E-state index contributed by atoms with van der Waals surface area (Å²) in [6.45, 7) is 1.38. The molecule has 0 atom stereocenters. The van der Waals surface area contributed by atoms with Gasteiger partial charge in [-0.25, -0.2) is 0 Å². The first-order valence-corrected chi connectivity index (χ1v) is 7.50. The lowest BCUT2D eigenvalue weighted by Gasteiger charge is -2.29. The minimum absolute atomic E-state index is 0.0153. The Bertz CT molecular complexity index is 629. The SMILES string of the molecule is NC(=O)C1CCN(CC(=O)Nc2ccc(Cl)c([N+](=O)[O-])c2)CC1. The Balaban J connectivity index is 1.89. The van der Waals surface area contributed by atoms with Gasteiger partial charge >= 0.3 is 0 Å². The number of rotatable bonds is 5.